The Bertz CT molecular complexity index is 578. The van der Waals surface area contributed by atoms with Crippen LogP contribution < -0.4 is 20.1 Å². The van der Waals surface area contributed by atoms with Gasteiger partial charge in [-0.2, -0.15) is 0 Å². The molecule has 0 bridgehead atoms. The van der Waals surface area contributed by atoms with E-state index >= 15 is 0 Å². The maximum Gasteiger partial charge on any atom is 0.175 e. The van der Waals surface area contributed by atoms with Gasteiger partial charge in [0.1, 0.15) is 11.5 Å². The average molecular weight is 316 g/mol. The maximum atomic E-state index is 5.58. The SMILES string of the molecule is CCOc1ccccc1NC(=S)Nc1ccccc1OCC. The highest BCUT2D eigenvalue weighted by Crippen LogP contribution is 2.26. The lowest BCUT2D eigenvalue weighted by Crippen LogP contribution is -2.20. The van der Waals surface area contributed by atoms with Gasteiger partial charge in [-0.15, -0.1) is 0 Å². The molecular weight excluding hydrogens is 296 g/mol. The van der Waals surface area contributed by atoms with E-state index in [4.69, 9.17) is 21.7 Å². The van der Waals surface area contributed by atoms with Crippen LogP contribution in [-0.4, -0.2) is 18.3 Å². The van der Waals surface area contributed by atoms with Crippen LogP contribution in [0.25, 0.3) is 0 Å². The molecule has 0 fully saturated rings. The van der Waals surface area contributed by atoms with Gasteiger partial charge in [-0.05, 0) is 50.3 Å². The number of thiocarbonyl (C=S) groups is 1. The minimum Gasteiger partial charge on any atom is -0.492 e. The fraction of sp³-hybridized carbons (Fsp3) is 0.235. The number of hydrogen-bond donors (Lipinski definition) is 2. The molecule has 2 aromatic carbocycles. The van der Waals surface area contributed by atoms with Crippen LogP contribution in [0, 0.1) is 0 Å². The molecule has 0 saturated carbocycles. The molecule has 22 heavy (non-hydrogen) atoms. The summed E-state index contributed by atoms with van der Waals surface area (Å²) in [6.07, 6.45) is 0. The fourth-order valence-electron chi connectivity index (χ4n) is 1.98. The first-order valence-electron chi connectivity index (χ1n) is 7.26. The molecule has 2 rings (SSSR count). The predicted molar refractivity (Wildman–Crippen MR) is 95.1 cm³/mol. The molecule has 0 aromatic heterocycles. The van der Waals surface area contributed by atoms with Gasteiger partial charge in [0, 0.05) is 0 Å². The van der Waals surface area contributed by atoms with Gasteiger partial charge in [0.25, 0.3) is 0 Å². The molecule has 5 heteroatoms. The lowest BCUT2D eigenvalue weighted by Gasteiger charge is -2.16. The van der Waals surface area contributed by atoms with Crippen molar-refractivity contribution >= 4 is 28.7 Å². The van der Waals surface area contributed by atoms with Crippen molar-refractivity contribution in [1.82, 2.24) is 0 Å². The van der Waals surface area contributed by atoms with E-state index in [-0.39, 0.29) is 0 Å². The van der Waals surface area contributed by atoms with Crippen molar-refractivity contribution in [2.24, 2.45) is 0 Å². The van der Waals surface area contributed by atoms with Crippen LogP contribution in [0.2, 0.25) is 0 Å². The van der Waals surface area contributed by atoms with E-state index in [9.17, 15) is 0 Å². The first-order valence-corrected chi connectivity index (χ1v) is 7.67. The third-order valence-electron chi connectivity index (χ3n) is 2.87. The lowest BCUT2D eigenvalue weighted by atomic mass is 10.3. The zero-order valence-corrected chi connectivity index (χ0v) is 13.6. The third kappa shape index (κ3) is 4.36. The highest BCUT2D eigenvalue weighted by molar-refractivity contribution is 7.80. The van der Waals surface area contributed by atoms with E-state index < -0.39 is 0 Å². The van der Waals surface area contributed by atoms with E-state index in [2.05, 4.69) is 10.6 Å². The smallest absolute Gasteiger partial charge is 0.175 e. The predicted octanol–water partition coefficient (Wildman–Crippen LogP) is 4.29. The normalized spacial score (nSPS) is 9.91. The topological polar surface area (TPSA) is 42.5 Å². The van der Waals surface area contributed by atoms with E-state index in [1.807, 2.05) is 62.4 Å². The summed E-state index contributed by atoms with van der Waals surface area (Å²) in [7, 11) is 0. The van der Waals surface area contributed by atoms with Gasteiger partial charge in [-0.25, -0.2) is 0 Å². The Morgan fingerprint density at radius 3 is 1.64 bits per heavy atom. The van der Waals surface area contributed by atoms with E-state index in [1.165, 1.54) is 0 Å². The Kier molecular flexibility index (Phi) is 6.03. The van der Waals surface area contributed by atoms with Gasteiger partial charge in [-0.1, -0.05) is 24.3 Å². The number of rotatable bonds is 6. The fourth-order valence-corrected chi connectivity index (χ4v) is 2.20. The highest BCUT2D eigenvalue weighted by atomic mass is 32.1. The quantitative estimate of drug-likeness (QED) is 0.778. The van der Waals surface area contributed by atoms with Gasteiger partial charge in [0.05, 0.1) is 24.6 Å². The lowest BCUT2D eigenvalue weighted by molar-refractivity contribution is 0.342. The number of ether oxygens (including phenoxy) is 2. The largest absolute Gasteiger partial charge is 0.492 e. The Morgan fingerprint density at radius 1 is 0.818 bits per heavy atom. The summed E-state index contributed by atoms with van der Waals surface area (Å²) in [6.45, 7) is 5.11. The molecule has 0 unspecified atom stereocenters. The van der Waals surface area contributed by atoms with Crippen LogP contribution in [0.5, 0.6) is 11.5 Å². The zero-order chi connectivity index (χ0) is 15.8. The van der Waals surface area contributed by atoms with E-state index in [0.717, 1.165) is 22.9 Å². The van der Waals surface area contributed by atoms with Crippen LogP contribution in [0.15, 0.2) is 48.5 Å². The second kappa shape index (κ2) is 8.24. The van der Waals surface area contributed by atoms with Gasteiger partial charge in [-0.3, -0.25) is 0 Å². The zero-order valence-electron chi connectivity index (χ0n) is 12.8. The summed E-state index contributed by atoms with van der Waals surface area (Å²) < 4.78 is 11.2. The number of para-hydroxylation sites is 4. The summed E-state index contributed by atoms with van der Waals surface area (Å²) in [6, 6.07) is 15.4. The Labute approximate surface area is 136 Å². The molecule has 0 aliphatic carbocycles. The molecule has 4 nitrogen and oxygen atoms in total. The Morgan fingerprint density at radius 2 is 1.23 bits per heavy atom. The van der Waals surface area contributed by atoms with Crippen molar-refractivity contribution < 1.29 is 9.47 Å². The van der Waals surface area contributed by atoms with E-state index in [0.29, 0.717) is 18.3 Å². The molecule has 0 amide bonds. The summed E-state index contributed by atoms with van der Waals surface area (Å²) in [5, 5.41) is 6.79. The molecule has 0 heterocycles. The van der Waals surface area contributed by atoms with Crippen molar-refractivity contribution in [2.75, 3.05) is 23.8 Å². The second-order valence-electron chi connectivity index (χ2n) is 4.44. The monoisotopic (exact) mass is 316 g/mol. The van der Waals surface area contributed by atoms with Gasteiger partial charge < -0.3 is 20.1 Å². The van der Waals surface area contributed by atoms with Crippen molar-refractivity contribution in [1.29, 1.82) is 0 Å². The minimum atomic E-state index is 0.485. The number of nitrogens with one attached hydrogen (secondary N) is 2. The Hall–Kier alpha value is -2.27. The summed E-state index contributed by atoms with van der Waals surface area (Å²) in [5.74, 6) is 1.54. The van der Waals surface area contributed by atoms with Crippen molar-refractivity contribution in [3.8, 4) is 11.5 Å². The summed E-state index contributed by atoms with van der Waals surface area (Å²) in [4.78, 5) is 0. The molecular formula is C17H20N2O2S. The molecule has 0 spiro atoms. The average Bonchev–Trinajstić information content (AvgIpc) is 2.52. The van der Waals surface area contributed by atoms with Crippen LogP contribution in [-0.2, 0) is 0 Å². The summed E-state index contributed by atoms with van der Waals surface area (Å²) >= 11 is 5.37. The molecule has 2 aromatic rings. The molecule has 0 aliphatic heterocycles. The van der Waals surface area contributed by atoms with E-state index in [1.54, 1.807) is 0 Å². The Balaban J connectivity index is 2.08. The van der Waals surface area contributed by atoms with Crippen LogP contribution in [0.4, 0.5) is 11.4 Å². The molecule has 116 valence electrons. The van der Waals surface area contributed by atoms with Crippen LogP contribution in [0.1, 0.15) is 13.8 Å². The first-order chi connectivity index (χ1) is 10.7. The van der Waals surface area contributed by atoms with Crippen LogP contribution in [0.3, 0.4) is 0 Å². The molecule has 0 radical (unpaired) electrons. The summed E-state index contributed by atoms with van der Waals surface area (Å²) in [5.41, 5.74) is 1.66. The van der Waals surface area contributed by atoms with Crippen LogP contribution >= 0.6 is 12.2 Å². The number of anilines is 2. The van der Waals surface area contributed by atoms with Gasteiger partial charge >= 0.3 is 0 Å². The first kappa shape index (κ1) is 16.1. The third-order valence-corrected chi connectivity index (χ3v) is 3.07. The minimum absolute atomic E-state index is 0.485. The maximum absolute atomic E-state index is 5.58. The number of hydrogen-bond acceptors (Lipinski definition) is 3. The van der Waals surface area contributed by atoms with Gasteiger partial charge in [0.2, 0.25) is 0 Å². The molecule has 2 N–H and O–H groups in total. The highest BCUT2D eigenvalue weighted by Gasteiger charge is 2.07. The van der Waals surface area contributed by atoms with Gasteiger partial charge in [0.15, 0.2) is 5.11 Å². The second-order valence-corrected chi connectivity index (χ2v) is 4.85. The molecule has 0 atom stereocenters. The molecule has 0 saturated heterocycles. The number of benzene rings is 2. The molecule has 0 aliphatic rings. The van der Waals surface area contributed by atoms with Crippen molar-refractivity contribution in [3.05, 3.63) is 48.5 Å². The van der Waals surface area contributed by atoms with Crippen molar-refractivity contribution in [3.63, 3.8) is 0 Å². The van der Waals surface area contributed by atoms with Crippen molar-refractivity contribution in [2.45, 2.75) is 13.8 Å². The standard InChI is InChI=1S/C17H20N2O2S/c1-3-20-15-11-7-5-9-13(15)18-17(22)19-14-10-6-8-12-16(14)21-4-2/h5-12H,3-4H2,1-2H3,(H2,18,19,22).